The molecule has 1 unspecified atom stereocenters. The Morgan fingerprint density at radius 2 is 2.50 bits per heavy atom. The van der Waals surface area contributed by atoms with E-state index in [4.69, 9.17) is 5.11 Å². The van der Waals surface area contributed by atoms with Crippen LogP contribution in [-0.4, -0.2) is 26.3 Å². The highest BCUT2D eigenvalue weighted by Gasteiger charge is 2.25. The monoisotopic (exact) mass is 210 g/mol. The summed E-state index contributed by atoms with van der Waals surface area (Å²) in [6, 6.07) is 0. The summed E-state index contributed by atoms with van der Waals surface area (Å²) in [5, 5.41) is 8.52. The molecule has 0 saturated carbocycles. The minimum Gasteiger partial charge on any atom is -0.480 e. The summed E-state index contributed by atoms with van der Waals surface area (Å²) in [7, 11) is 0. The normalized spacial score (nSPS) is 20.2. The van der Waals surface area contributed by atoms with E-state index in [1.54, 1.807) is 6.20 Å². The van der Waals surface area contributed by atoms with Crippen molar-refractivity contribution in [1.29, 1.82) is 0 Å². The van der Waals surface area contributed by atoms with Gasteiger partial charge >= 0.3 is 5.97 Å². The maximum absolute atomic E-state index is 10.8. The maximum Gasteiger partial charge on any atom is 0.316 e. The molecule has 1 aromatic rings. The molecular weight excluding hydrogens is 200 g/mol. The third-order valence-electron chi connectivity index (χ3n) is 2.18. The fourth-order valence-corrected chi connectivity index (χ4v) is 2.48. The van der Waals surface area contributed by atoms with Gasteiger partial charge in [-0.1, -0.05) is 0 Å². The highest BCUT2D eigenvalue weighted by atomic mass is 32.2. The van der Waals surface area contributed by atoms with Crippen LogP contribution < -0.4 is 0 Å². The summed E-state index contributed by atoms with van der Waals surface area (Å²) in [5.41, 5.74) is 1.96. The number of aryl methyl sites for hydroxylation is 1. The number of thioether (sulfide) groups is 1. The van der Waals surface area contributed by atoms with E-state index in [1.807, 2.05) is 6.92 Å². The van der Waals surface area contributed by atoms with Gasteiger partial charge in [-0.25, -0.2) is 9.97 Å². The molecule has 1 aliphatic rings. The number of aliphatic carboxylic acids is 1. The zero-order valence-electron chi connectivity index (χ0n) is 7.73. The molecule has 0 spiro atoms. The molecule has 2 rings (SSSR count). The second kappa shape index (κ2) is 3.57. The molecule has 74 valence electrons. The van der Waals surface area contributed by atoms with Gasteiger partial charge in [-0.05, 0) is 18.9 Å². The Hall–Kier alpha value is -1.10. The topological polar surface area (TPSA) is 63.1 Å². The molecule has 0 amide bonds. The van der Waals surface area contributed by atoms with Crippen LogP contribution in [0.2, 0.25) is 0 Å². The van der Waals surface area contributed by atoms with Gasteiger partial charge in [0.15, 0.2) is 0 Å². The van der Waals surface area contributed by atoms with E-state index in [0.29, 0.717) is 12.2 Å². The lowest BCUT2D eigenvalue weighted by molar-refractivity contribution is -0.136. The Morgan fingerprint density at radius 3 is 3.21 bits per heavy atom. The zero-order chi connectivity index (χ0) is 10.1. The van der Waals surface area contributed by atoms with Crippen molar-refractivity contribution in [2.45, 2.75) is 24.3 Å². The van der Waals surface area contributed by atoms with E-state index >= 15 is 0 Å². The average molecular weight is 210 g/mol. The quantitative estimate of drug-likeness (QED) is 0.750. The van der Waals surface area contributed by atoms with Gasteiger partial charge in [0.05, 0.1) is 5.69 Å². The Morgan fingerprint density at radius 1 is 1.71 bits per heavy atom. The van der Waals surface area contributed by atoms with Crippen LogP contribution in [0.15, 0.2) is 6.20 Å². The van der Waals surface area contributed by atoms with Crippen LogP contribution in [0.3, 0.4) is 0 Å². The van der Waals surface area contributed by atoms with Gasteiger partial charge in [0, 0.05) is 11.9 Å². The maximum atomic E-state index is 10.8. The van der Waals surface area contributed by atoms with Crippen LogP contribution in [0.1, 0.15) is 17.1 Å². The number of hydrogen-bond acceptors (Lipinski definition) is 4. The lowest BCUT2D eigenvalue weighted by Crippen LogP contribution is -2.24. The summed E-state index contributed by atoms with van der Waals surface area (Å²) >= 11 is 1.43. The zero-order valence-corrected chi connectivity index (χ0v) is 8.54. The van der Waals surface area contributed by atoms with Crippen LogP contribution in [-0.2, 0) is 17.0 Å². The van der Waals surface area contributed by atoms with Crippen molar-refractivity contribution in [1.82, 2.24) is 9.97 Å². The SMILES string of the molecule is Cc1ncc2c(n1)CSC(C(=O)O)C2. The molecule has 1 N–H and O–H groups in total. The Kier molecular flexibility index (Phi) is 2.41. The second-order valence-electron chi connectivity index (χ2n) is 3.23. The van der Waals surface area contributed by atoms with Crippen molar-refractivity contribution in [2.75, 3.05) is 0 Å². The van der Waals surface area contributed by atoms with Crippen molar-refractivity contribution in [3.63, 3.8) is 0 Å². The van der Waals surface area contributed by atoms with Crippen LogP contribution in [0.5, 0.6) is 0 Å². The van der Waals surface area contributed by atoms with E-state index in [0.717, 1.165) is 17.1 Å². The fraction of sp³-hybridized carbons (Fsp3) is 0.444. The number of hydrogen-bond donors (Lipinski definition) is 1. The van der Waals surface area contributed by atoms with Crippen molar-refractivity contribution < 1.29 is 9.90 Å². The molecule has 0 radical (unpaired) electrons. The highest BCUT2D eigenvalue weighted by Crippen LogP contribution is 2.28. The molecule has 0 saturated heterocycles. The third kappa shape index (κ3) is 1.72. The number of carbonyl (C=O) groups is 1. The largest absolute Gasteiger partial charge is 0.480 e. The first-order valence-corrected chi connectivity index (χ1v) is 5.37. The summed E-state index contributed by atoms with van der Waals surface area (Å²) in [6.07, 6.45) is 2.28. The molecule has 0 aliphatic carbocycles. The molecular formula is C9H10N2O2S. The van der Waals surface area contributed by atoms with Gasteiger partial charge < -0.3 is 5.11 Å². The van der Waals surface area contributed by atoms with Crippen molar-refractivity contribution in [2.24, 2.45) is 0 Å². The smallest absolute Gasteiger partial charge is 0.316 e. The predicted octanol–water partition coefficient (Wildman–Crippen LogP) is 1.03. The van der Waals surface area contributed by atoms with Gasteiger partial charge in [-0.2, -0.15) is 0 Å². The van der Waals surface area contributed by atoms with Crippen LogP contribution in [0.25, 0.3) is 0 Å². The van der Waals surface area contributed by atoms with Gasteiger partial charge in [-0.15, -0.1) is 11.8 Å². The summed E-state index contributed by atoms with van der Waals surface area (Å²) in [6.45, 7) is 1.84. The van der Waals surface area contributed by atoms with E-state index in [2.05, 4.69) is 9.97 Å². The number of nitrogens with zero attached hydrogens (tertiary/aromatic N) is 2. The molecule has 14 heavy (non-hydrogen) atoms. The Balaban J connectivity index is 2.27. The van der Waals surface area contributed by atoms with Crippen molar-refractivity contribution >= 4 is 17.7 Å². The van der Waals surface area contributed by atoms with Gasteiger partial charge in [0.2, 0.25) is 0 Å². The molecule has 1 aromatic heterocycles. The van der Waals surface area contributed by atoms with Gasteiger partial charge in [0.25, 0.3) is 0 Å². The lowest BCUT2D eigenvalue weighted by Gasteiger charge is -2.19. The minimum atomic E-state index is -0.749. The number of carboxylic acid groups (broad SMARTS) is 1. The van der Waals surface area contributed by atoms with E-state index < -0.39 is 5.97 Å². The highest BCUT2D eigenvalue weighted by molar-refractivity contribution is 7.99. The first-order valence-electron chi connectivity index (χ1n) is 4.32. The Labute approximate surface area is 85.8 Å². The number of aromatic nitrogens is 2. The molecule has 0 aromatic carbocycles. The number of rotatable bonds is 1. The molecule has 1 aliphatic heterocycles. The molecule has 0 fully saturated rings. The first-order chi connectivity index (χ1) is 6.66. The van der Waals surface area contributed by atoms with E-state index in [1.165, 1.54) is 11.8 Å². The van der Waals surface area contributed by atoms with Gasteiger partial charge in [-0.3, -0.25) is 4.79 Å². The number of fused-ring (bicyclic) bond motifs is 1. The molecule has 2 heterocycles. The summed E-state index contributed by atoms with van der Waals surface area (Å²) in [4.78, 5) is 19.1. The average Bonchev–Trinajstić information content (AvgIpc) is 2.16. The molecule has 4 nitrogen and oxygen atoms in total. The van der Waals surface area contributed by atoms with E-state index in [9.17, 15) is 4.79 Å². The molecule has 5 heteroatoms. The molecule has 0 bridgehead atoms. The van der Waals surface area contributed by atoms with Crippen molar-refractivity contribution in [3.8, 4) is 0 Å². The standard InChI is InChI=1S/C9H10N2O2S/c1-5-10-3-6-2-8(9(12)13)14-4-7(6)11-5/h3,8H,2,4H2,1H3,(H,12,13). The van der Waals surface area contributed by atoms with E-state index in [-0.39, 0.29) is 5.25 Å². The van der Waals surface area contributed by atoms with Crippen LogP contribution in [0.4, 0.5) is 0 Å². The third-order valence-corrected chi connectivity index (χ3v) is 3.39. The molecule has 1 atom stereocenters. The van der Waals surface area contributed by atoms with Crippen LogP contribution in [0, 0.1) is 6.92 Å². The minimum absolute atomic E-state index is 0.339. The number of carboxylic acids is 1. The summed E-state index contributed by atoms with van der Waals surface area (Å²) in [5.74, 6) is 0.676. The second-order valence-corrected chi connectivity index (χ2v) is 4.42. The summed E-state index contributed by atoms with van der Waals surface area (Å²) < 4.78 is 0. The fourth-order valence-electron chi connectivity index (χ4n) is 1.43. The van der Waals surface area contributed by atoms with Crippen LogP contribution >= 0.6 is 11.8 Å². The lowest BCUT2D eigenvalue weighted by atomic mass is 10.1. The first kappa shape index (κ1) is 9.45. The van der Waals surface area contributed by atoms with Gasteiger partial charge in [0.1, 0.15) is 11.1 Å². The van der Waals surface area contributed by atoms with Crippen molar-refractivity contribution in [3.05, 3.63) is 23.3 Å². The predicted molar refractivity (Wildman–Crippen MR) is 53.2 cm³/mol. The Bertz CT molecular complexity index is 381.